The highest BCUT2D eigenvalue weighted by Crippen LogP contribution is 2.27. The summed E-state index contributed by atoms with van der Waals surface area (Å²) in [5, 5.41) is 2.84. The largest absolute Gasteiger partial charge is 0.348 e. The number of amides is 2. The molecule has 0 atom stereocenters. The predicted octanol–water partition coefficient (Wildman–Crippen LogP) is 4.26. The van der Waals surface area contributed by atoms with Gasteiger partial charge in [0.1, 0.15) is 4.21 Å². The van der Waals surface area contributed by atoms with Crippen molar-refractivity contribution >= 4 is 56.2 Å². The minimum absolute atomic E-state index is 0.115. The lowest BCUT2D eigenvalue weighted by Gasteiger charge is -2.16. The maximum absolute atomic E-state index is 12.4. The molecule has 32 heavy (non-hydrogen) atoms. The summed E-state index contributed by atoms with van der Waals surface area (Å²) in [5.41, 5.74) is 2.53. The Kier molecular flexibility index (Phi) is 6.50. The van der Waals surface area contributed by atoms with Crippen molar-refractivity contribution in [2.75, 3.05) is 16.2 Å². The smallest absolute Gasteiger partial charge is 0.271 e. The van der Waals surface area contributed by atoms with E-state index in [1.54, 1.807) is 17.0 Å². The number of anilines is 2. The highest BCUT2D eigenvalue weighted by molar-refractivity contribution is 7.94. The number of carbonyl (C=O) groups is 2. The number of halogens is 1. The molecule has 7 nitrogen and oxygen atoms in total. The van der Waals surface area contributed by atoms with E-state index < -0.39 is 10.0 Å². The monoisotopic (exact) mass is 489 g/mol. The van der Waals surface area contributed by atoms with Gasteiger partial charge in [0.15, 0.2) is 0 Å². The highest BCUT2D eigenvalue weighted by Gasteiger charge is 2.21. The van der Waals surface area contributed by atoms with E-state index >= 15 is 0 Å². The van der Waals surface area contributed by atoms with Crippen LogP contribution in [0.1, 0.15) is 28.8 Å². The summed E-state index contributed by atoms with van der Waals surface area (Å²) in [5.74, 6) is -0.140. The van der Waals surface area contributed by atoms with Gasteiger partial charge >= 0.3 is 0 Å². The van der Waals surface area contributed by atoms with Crippen LogP contribution in [-0.2, 0) is 21.4 Å². The molecule has 0 spiro atoms. The zero-order valence-corrected chi connectivity index (χ0v) is 19.3. The van der Waals surface area contributed by atoms with Crippen molar-refractivity contribution in [3.8, 4) is 0 Å². The van der Waals surface area contributed by atoms with Gasteiger partial charge in [0.2, 0.25) is 5.91 Å². The molecule has 166 valence electrons. The standard InChI is InChI=1S/C22H20ClN3O4S2/c23-19-11-12-21(31-19)32(29,30)25-17-7-5-16(6-8-17)22(28)24-14-15-3-9-18(10-4-15)26-13-1-2-20(26)27/h3-12,25H,1-2,13-14H2,(H,24,28). The molecular formula is C22H20ClN3O4S2. The first-order valence-electron chi connectivity index (χ1n) is 9.87. The summed E-state index contributed by atoms with van der Waals surface area (Å²) in [6.07, 6.45) is 1.46. The molecule has 0 unspecified atom stereocenters. The second-order valence-corrected chi connectivity index (χ2v) is 10.9. The summed E-state index contributed by atoms with van der Waals surface area (Å²) in [4.78, 5) is 26.0. The van der Waals surface area contributed by atoms with Gasteiger partial charge in [-0.25, -0.2) is 8.42 Å². The van der Waals surface area contributed by atoms with Crippen LogP contribution in [0, 0.1) is 0 Å². The van der Waals surface area contributed by atoms with Gasteiger partial charge in [-0.05, 0) is 60.5 Å². The van der Waals surface area contributed by atoms with Crippen LogP contribution in [0.2, 0.25) is 4.34 Å². The number of hydrogen-bond acceptors (Lipinski definition) is 5. The van der Waals surface area contributed by atoms with Gasteiger partial charge in [-0.2, -0.15) is 0 Å². The summed E-state index contributed by atoms with van der Waals surface area (Å²) in [6, 6.07) is 16.7. The summed E-state index contributed by atoms with van der Waals surface area (Å²) < 4.78 is 27.7. The number of rotatable bonds is 7. The quantitative estimate of drug-likeness (QED) is 0.518. The number of sulfonamides is 1. The van der Waals surface area contributed by atoms with Crippen LogP contribution in [0.4, 0.5) is 11.4 Å². The first-order chi connectivity index (χ1) is 15.3. The predicted molar refractivity (Wildman–Crippen MR) is 126 cm³/mol. The third kappa shape index (κ3) is 5.12. The van der Waals surface area contributed by atoms with Gasteiger partial charge < -0.3 is 10.2 Å². The van der Waals surface area contributed by atoms with Gasteiger partial charge in [-0.15, -0.1) is 11.3 Å². The average Bonchev–Trinajstić information content (AvgIpc) is 3.41. The van der Waals surface area contributed by atoms with Crippen molar-refractivity contribution in [2.45, 2.75) is 23.6 Å². The summed E-state index contributed by atoms with van der Waals surface area (Å²) in [6.45, 7) is 1.07. The molecule has 4 rings (SSSR count). The fourth-order valence-electron chi connectivity index (χ4n) is 3.34. The third-order valence-corrected chi connectivity index (χ3v) is 8.09. The van der Waals surface area contributed by atoms with Crippen molar-refractivity contribution in [2.24, 2.45) is 0 Å². The summed E-state index contributed by atoms with van der Waals surface area (Å²) >= 11 is 6.77. The van der Waals surface area contributed by atoms with E-state index in [4.69, 9.17) is 11.6 Å². The molecule has 0 radical (unpaired) electrons. The first kappa shape index (κ1) is 22.3. The van der Waals surface area contributed by atoms with Crippen LogP contribution in [0.15, 0.2) is 64.9 Å². The SMILES string of the molecule is O=C(NCc1ccc(N2CCCC2=O)cc1)c1ccc(NS(=O)(=O)c2ccc(Cl)s2)cc1. The number of nitrogens with one attached hydrogen (secondary N) is 2. The molecule has 1 fully saturated rings. The number of hydrogen-bond donors (Lipinski definition) is 2. The van der Waals surface area contributed by atoms with Crippen LogP contribution >= 0.6 is 22.9 Å². The Bertz CT molecular complexity index is 1240. The van der Waals surface area contributed by atoms with E-state index in [-0.39, 0.29) is 16.0 Å². The Morgan fingerprint density at radius 3 is 2.34 bits per heavy atom. The van der Waals surface area contributed by atoms with E-state index in [2.05, 4.69) is 10.0 Å². The van der Waals surface area contributed by atoms with E-state index in [1.165, 1.54) is 24.3 Å². The zero-order valence-electron chi connectivity index (χ0n) is 16.9. The van der Waals surface area contributed by atoms with Gasteiger partial charge in [0, 0.05) is 36.4 Å². The second kappa shape index (κ2) is 9.32. The van der Waals surface area contributed by atoms with E-state index in [9.17, 15) is 18.0 Å². The van der Waals surface area contributed by atoms with Crippen molar-refractivity contribution in [1.29, 1.82) is 0 Å². The molecule has 1 aliphatic heterocycles. The fourth-order valence-corrected chi connectivity index (χ4v) is 5.88. The van der Waals surface area contributed by atoms with Crippen LogP contribution in [-0.4, -0.2) is 26.8 Å². The molecule has 0 saturated carbocycles. The Morgan fingerprint density at radius 1 is 1.03 bits per heavy atom. The maximum atomic E-state index is 12.4. The van der Waals surface area contributed by atoms with E-state index in [1.807, 2.05) is 24.3 Å². The van der Waals surface area contributed by atoms with Crippen LogP contribution in [0.5, 0.6) is 0 Å². The molecule has 0 aliphatic carbocycles. The molecule has 2 heterocycles. The third-order valence-electron chi connectivity index (χ3n) is 4.99. The van der Waals surface area contributed by atoms with Crippen LogP contribution < -0.4 is 14.9 Å². The topological polar surface area (TPSA) is 95.6 Å². The van der Waals surface area contributed by atoms with Crippen LogP contribution in [0.3, 0.4) is 0 Å². The van der Waals surface area contributed by atoms with Crippen LogP contribution in [0.25, 0.3) is 0 Å². The first-order valence-corrected chi connectivity index (χ1v) is 12.6. The number of carbonyl (C=O) groups excluding carboxylic acids is 2. The lowest BCUT2D eigenvalue weighted by molar-refractivity contribution is -0.117. The minimum atomic E-state index is -3.73. The van der Waals surface area contributed by atoms with Gasteiger partial charge in [-0.1, -0.05) is 23.7 Å². The molecule has 10 heteroatoms. The minimum Gasteiger partial charge on any atom is -0.348 e. The Balaban J connectivity index is 1.33. The molecule has 1 saturated heterocycles. The van der Waals surface area contributed by atoms with Crippen molar-refractivity contribution < 1.29 is 18.0 Å². The van der Waals surface area contributed by atoms with Crippen molar-refractivity contribution in [1.82, 2.24) is 5.32 Å². The van der Waals surface area contributed by atoms with Gasteiger partial charge in [0.05, 0.1) is 4.34 Å². The van der Waals surface area contributed by atoms with Gasteiger partial charge in [0.25, 0.3) is 15.9 Å². The van der Waals surface area contributed by atoms with E-state index in [0.717, 1.165) is 35.6 Å². The summed E-state index contributed by atoms with van der Waals surface area (Å²) in [7, 11) is -3.73. The lowest BCUT2D eigenvalue weighted by Crippen LogP contribution is -2.24. The number of benzene rings is 2. The fraction of sp³-hybridized carbons (Fsp3) is 0.182. The molecule has 1 aliphatic rings. The van der Waals surface area contributed by atoms with E-state index in [0.29, 0.717) is 28.6 Å². The Labute approximate surface area is 195 Å². The average molecular weight is 490 g/mol. The zero-order chi connectivity index (χ0) is 22.7. The molecule has 1 aromatic heterocycles. The molecule has 3 aromatic rings. The molecular weight excluding hydrogens is 470 g/mol. The second-order valence-electron chi connectivity index (χ2n) is 7.24. The normalized spacial score (nSPS) is 13.9. The van der Waals surface area contributed by atoms with Crippen molar-refractivity contribution in [3.63, 3.8) is 0 Å². The molecule has 0 bridgehead atoms. The maximum Gasteiger partial charge on any atom is 0.271 e. The lowest BCUT2D eigenvalue weighted by atomic mass is 10.1. The van der Waals surface area contributed by atoms with Crippen molar-refractivity contribution in [3.05, 3.63) is 76.1 Å². The molecule has 2 amide bonds. The highest BCUT2D eigenvalue weighted by atomic mass is 35.5. The number of nitrogens with zero attached hydrogens (tertiary/aromatic N) is 1. The molecule has 2 N–H and O–H groups in total. The Morgan fingerprint density at radius 2 is 1.75 bits per heavy atom. The molecule has 2 aromatic carbocycles. The van der Waals surface area contributed by atoms with Gasteiger partial charge in [-0.3, -0.25) is 14.3 Å². The Hall–Kier alpha value is -2.88. The number of thiophene rings is 1.